The topological polar surface area (TPSA) is 41.6 Å². The minimum Gasteiger partial charge on any atom is -0.336 e. The Morgan fingerprint density at radius 2 is 1.89 bits per heavy atom. The first kappa shape index (κ1) is 12.3. The molecular weight excluding hydrogens is 295 g/mol. The molecule has 0 amide bonds. The second-order valence-corrected chi connectivity index (χ2v) is 4.58. The van der Waals surface area contributed by atoms with Crippen LogP contribution in [0.25, 0.3) is 22.6 Å². The minimum absolute atomic E-state index is 0.0187. The Hall–Kier alpha value is -1.72. The maximum Gasteiger partial charge on any atom is 0.179 e. The van der Waals surface area contributed by atoms with Crippen molar-refractivity contribution in [3.05, 3.63) is 46.1 Å². The number of halogens is 4. The number of nitrogens with one attached hydrogen (secondary N) is 1. The third-order valence-electron chi connectivity index (χ3n) is 2.59. The Morgan fingerprint density at radius 1 is 1.11 bits per heavy atom. The van der Waals surface area contributed by atoms with E-state index in [9.17, 15) is 8.78 Å². The van der Waals surface area contributed by atoms with Gasteiger partial charge in [-0.1, -0.05) is 29.3 Å². The third kappa shape index (κ3) is 2.05. The Bertz CT molecular complexity index is 747. The van der Waals surface area contributed by atoms with Crippen molar-refractivity contribution in [3.63, 3.8) is 0 Å². The van der Waals surface area contributed by atoms with E-state index in [0.717, 1.165) is 6.07 Å². The molecular formula is C12H5Cl2F2N3. The maximum absolute atomic E-state index is 13.7. The number of aromatic amines is 1. The lowest BCUT2D eigenvalue weighted by molar-refractivity contribution is 0.510. The van der Waals surface area contributed by atoms with Gasteiger partial charge in [0, 0.05) is 0 Å². The molecule has 0 saturated heterocycles. The molecule has 0 aliphatic rings. The van der Waals surface area contributed by atoms with Gasteiger partial charge < -0.3 is 4.98 Å². The molecule has 0 spiro atoms. The number of hydrogen-bond acceptors (Lipinski definition) is 2. The molecule has 1 N–H and O–H groups in total. The van der Waals surface area contributed by atoms with Gasteiger partial charge in [-0.3, -0.25) is 0 Å². The molecule has 0 radical (unpaired) electrons. The standard InChI is InChI=1S/C12H5Cl2F2N3/c13-6-4-8-12(18-10(6)14)19-11(17-8)5-2-1-3-7(15)9(5)16/h1-4H,(H,17,18,19). The molecule has 96 valence electrons. The van der Waals surface area contributed by atoms with Crippen molar-refractivity contribution in [1.29, 1.82) is 0 Å². The predicted molar refractivity (Wildman–Crippen MR) is 69.3 cm³/mol. The summed E-state index contributed by atoms with van der Waals surface area (Å²) in [6.45, 7) is 0. The molecule has 0 atom stereocenters. The normalized spacial score (nSPS) is 11.2. The smallest absolute Gasteiger partial charge is 0.179 e. The number of rotatable bonds is 1. The lowest BCUT2D eigenvalue weighted by atomic mass is 10.2. The van der Waals surface area contributed by atoms with Gasteiger partial charge in [-0.25, -0.2) is 18.7 Å². The molecule has 0 bridgehead atoms. The number of benzene rings is 1. The van der Waals surface area contributed by atoms with E-state index >= 15 is 0 Å². The van der Waals surface area contributed by atoms with Gasteiger partial charge in [-0.2, -0.15) is 0 Å². The lowest BCUT2D eigenvalue weighted by Crippen LogP contribution is -1.90. The van der Waals surface area contributed by atoms with Gasteiger partial charge in [0.25, 0.3) is 0 Å². The first-order valence-electron chi connectivity index (χ1n) is 5.22. The fraction of sp³-hybridized carbons (Fsp3) is 0. The fourth-order valence-electron chi connectivity index (χ4n) is 1.71. The monoisotopic (exact) mass is 299 g/mol. The Morgan fingerprint density at radius 3 is 2.68 bits per heavy atom. The third-order valence-corrected chi connectivity index (χ3v) is 3.26. The zero-order chi connectivity index (χ0) is 13.6. The van der Waals surface area contributed by atoms with Gasteiger partial charge in [0.2, 0.25) is 0 Å². The molecule has 3 nitrogen and oxygen atoms in total. The van der Waals surface area contributed by atoms with Crippen LogP contribution >= 0.6 is 23.2 Å². The van der Waals surface area contributed by atoms with Crippen LogP contribution in [-0.4, -0.2) is 15.0 Å². The second kappa shape index (κ2) is 4.43. The number of nitrogens with zero attached hydrogens (tertiary/aromatic N) is 2. The molecule has 1 aromatic carbocycles. The molecule has 3 aromatic rings. The van der Waals surface area contributed by atoms with E-state index in [2.05, 4.69) is 15.0 Å². The zero-order valence-corrected chi connectivity index (χ0v) is 10.7. The molecule has 19 heavy (non-hydrogen) atoms. The van der Waals surface area contributed by atoms with Crippen molar-refractivity contribution in [2.75, 3.05) is 0 Å². The van der Waals surface area contributed by atoms with E-state index in [4.69, 9.17) is 23.2 Å². The quantitative estimate of drug-likeness (QED) is 0.684. The van der Waals surface area contributed by atoms with Crippen LogP contribution in [0.3, 0.4) is 0 Å². The highest BCUT2D eigenvalue weighted by Gasteiger charge is 2.14. The highest BCUT2D eigenvalue weighted by Crippen LogP contribution is 2.27. The predicted octanol–water partition coefficient (Wildman–Crippen LogP) is 4.21. The highest BCUT2D eigenvalue weighted by molar-refractivity contribution is 6.41. The van der Waals surface area contributed by atoms with Crippen LogP contribution in [0.5, 0.6) is 0 Å². The maximum atomic E-state index is 13.7. The number of hydrogen-bond donors (Lipinski definition) is 1. The average Bonchev–Trinajstić information content (AvgIpc) is 2.76. The second-order valence-electron chi connectivity index (χ2n) is 3.82. The van der Waals surface area contributed by atoms with E-state index in [1.54, 1.807) is 0 Å². The van der Waals surface area contributed by atoms with E-state index in [0.29, 0.717) is 5.52 Å². The van der Waals surface area contributed by atoms with Crippen molar-refractivity contribution in [3.8, 4) is 11.4 Å². The van der Waals surface area contributed by atoms with Crippen LogP contribution in [0.1, 0.15) is 0 Å². The van der Waals surface area contributed by atoms with Crippen LogP contribution in [0, 0.1) is 11.6 Å². The van der Waals surface area contributed by atoms with Gasteiger partial charge in [0.15, 0.2) is 17.3 Å². The molecule has 0 unspecified atom stereocenters. The molecule has 0 aliphatic heterocycles. The van der Waals surface area contributed by atoms with E-state index in [1.165, 1.54) is 18.2 Å². The van der Waals surface area contributed by atoms with E-state index in [1.807, 2.05) is 0 Å². The largest absolute Gasteiger partial charge is 0.336 e. The van der Waals surface area contributed by atoms with Crippen molar-refractivity contribution in [1.82, 2.24) is 15.0 Å². The summed E-state index contributed by atoms with van der Waals surface area (Å²) in [6.07, 6.45) is 0. The Kier molecular flexibility index (Phi) is 2.88. The van der Waals surface area contributed by atoms with Crippen LogP contribution < -0.4 is 0 Å². The molecule has 2 aromatic heterocycles. The van der Waals surface area contributed by atoms with Gasteiger partial charge in [-0.05, 0) is 18.2 Å². The first-order valence-corrected chi connectivity index (χ1v) is 5.98. The summed E-state index contributed by atoms with van der Waals surface area (Å²) in [6, 6.07) is 5.38. The summed E-state index contributed by atoms with van der Waals surface area (Å²) in [5.74, 6) is -1.75. The summed E-state index contributed by atoms with van der Waals surface area (Å²) >= 11 is 11.6. The van der Waals surface area contributed by atoms with E-state index < -0.39 is 11.6 Å². The van der Waals surface area contributed by atoms with Gasteiger partial charge in [-0.15, -0.1) is 0 Å². The number of fused-ring (bicyclic) bond motifs is 1. The average molecular weight is 300 g/mol. The van der Waals surface area contributed by atoms with E-state index in [-0.39, 0.29) is 27.2 Å². The van der Waals surface area contributed by atoms with Crippen molar-refractivity contribution >= 4 is 34.4 Å². The molecule has 2 heterocycles. The number of aromatic nitrogens is 3. The summed E-state index contributed by atoms with van der Waals surface area (Å²) in [4.78, 5) is 10.8. The highest BCUT2D eigenvalue weighted by atomic mass is 35.5. The number of pyridine rings is 1. The zero-order valence-electron chi connectivity index (χ0n) is 9.22. The van der Waals surface area contributed by atoms with Crippen molar-refractivity contribution < 1.29 is 8.78 Å². The molecule has 0 fully saturated rings. The van der Waals surface area contributed by atoms with Crippen LogP contribution in [0.4, 0.5) is 8.78 Å². The number of H-pyrrole nitrogens is 1. The molecule has 7 heteroatoms. The summed E-state index contributed by atoms with van der Waals surface area (Å²) in [5, 5.41) is 0.357. The fourth-order valence-corrected chi connectivity index (χ4v) is 2.00. The first-order chi connectivity index (χ1) is 9.06. The number of imidazole rings is 1. The summed E-state index contributed by atoms with van der Waals surface area (Å²) in [7, 11) is 0. The minimum atomic E-state index is -0.973. The van der Waals surface area contributed by atoms with Crippen LogP contribution in [0.2, 0.25) is 10.2 Å². The summed E-state index contributed by atoms with van der Waals surface area (Å²) in [5.41, 5.74) is 0.798. The molecule has 0 aliphatic carbocycles. The molecule has 0 saturated carbocycles. The van der Waals surface area contributed by atoms with Crippen molar-refractivity contribution in [2.45, 2.75) is 0 Å². The van der Waals surface area contributed by atoms with Gasteiger partial charge in [0.1, 0.15) is 11.0 Å². The molecule has 3 rings (SSSR count). The Labute approximate surface area is 116 Å². The van der Waals surface area contributed by atoms with Gasteiger partial charge in [0.05, 0.1) is 16.1 Å². The van der Waals surface area contributed by atoms with Gasteiger partial charge >= 0.3 is 0 Å². The van der Waals surface area contributed by atoms with Crippen LogP contribution in [-0.2, 0) is 0 Å². The lowest BCUT2D eigenvalue weighted by Gasteiger charge is -1.99. The Balaban J connectivity index is 2.23. The SMILES string of the molecule is Fc1cccc(-c2nc3nc(Cl)c(Cl)cc3[nH]2)c1F. The van der Waals surface area contributed by atoms with Crippen LogP contribution in [0.15, 0.2) is 24.3 Å². The summed E-state index contributed by atoms with van der Waals surface area (Å²) < 4.78 is 26.8. The van der Waals surface area contributed by atoms with Crippen molar-refractivity contribution in [2.24, 2.45) is 0 Å².